The number of benzene rings is 1. The number of halogens is 2. The van der Waals surface area contributed by atoms with Crippen molar-refractivity contribution in [3.8, 4) is 0 Å². The molecule has 1 aromatic carbocycles. The molecule has 0 saturated heterocycles. The van der Waals surface area contributed by atoms with Crippen molar-refractivity contribution in [3.63, 3.8) is 0 Å². The Labute approximate surface area is 139 Å². The van der Waals surface area contributed by atoms with E-state index < -0.39 is 23.6 Å². The van der Waals surface area contributed by atoms with Gasteiger partial charge in [-0.3, -0.25) is 9.59 Å². The van der Waals surface area contributed by atoms with Gasteiger partial charge in [-0.2, -0.15) is 11.8 Å². The van der Waals surface area contributed by atoms with Crippen molar-refractivity contribution in [2.75, 3.05) is 13.3 Å². The summed E-state index contributed by atoms with van der Waals surface area (Å²) in [5.41, 5.74) is -0.129. The Morgan fingerprint density at radius 2 is 1.74 bits per heavy atom. The van der Waals surface area contributed by atoms with Crippen molar-refractivity contribution in [3.05, 3.63) is 35.4 Å². The smallest absolute Gasteiger partial charge is 0.246 e. The minimum Gasteiger partial charge on any atom is -0.357 e. The normalized spacial score (nSPS) is 14.0. The summed E-state index contributed by atoms with van der Waals surface area (Å²) in [4.78, 5) is 24.6. The van der Waals surface area contributed by atoms with Gasteiger partial charge in [-0.05, 0) is 29.4 Å². The average Bonchev–Trinajstić information content (AvgIpc) is 2.46. The first-order valence-electron chi connectivity index (χ1n) is 7.11. The summed E-state index contributed by atoms with van der Waals surface area (Å²) in [6, 6.07) is 2.05. The molecule has 0 aromatic heterocycles. The summed E-state index contributed by atoms with van der Waals surface area (Å²) in [5, 5.41) is 4.66. The molecule has 0 spiro atoms. The number of hydrogen-bond donors (Lipinski definition) is 2. The fraction of sp³-hybridized carbons (Fsp3) is 0.500. The molecule has 0 fully saturated rings. The van der Waals surface area contributed by atoms with Gasteiger partial charge in [0, 0.05) is 7.05 Å². The molecule has 2 atom stereocenters. The second kappa shape index (κ2) is 7.77. The van der Waals surface area contributed by atoms with Gasteiger partial charge >= 0.3 is 0 Å². The topological polar surface area (TPSA) is 58.2 Å². The van der Waals surface area contributed by atoms with E-state index in [2.05, 4.69) is 10.6 Å². The van der Waals surface area contributed by atoms with Crippen molar-refractivity contribution in [2.24, 2.45) is 5.41 Å². The Kier molecular flexibility index (Phi) is 6.56. The van der Waals surface area contributed by atoms with Crippen LogP contribution in [-0.2, 0) is 9.59 Å². The Morgan fingerprint density at radius 1 is 1.13 bits per heavy atom. The van der Waals surface area contributed by atoms with E-state index in [1.165, 1.54) is 24.9 Å². The van der Waals surface area contributed by atoms with Crippen LogP contribution in [0.25, 0.3) is 0 Å². The maximum atomic E-state index is 13.4. The van der Waals surface area contributed by atoms with Crippen LogP contribution in [0.3, 0.4) is 0 Å². The third-order valence-corrected chi connectivity index (χ3v) is 4.73. The van der Waals surface area contributed by atoms with Gasteiger partial charge in [-0.1, -0.05) is 26.8 Å². The average molecular weight is 344 g/mol. The highest BCUT2D eigenvalue weighted by Gasteiger charge is 2.33. The van der Waals surface area contributed by atoms with Crippen LogP contribution in [0.1, 0.15) is 32.4 Å². The van der Waals surface area contributed by atoms with Crippen LogP contribution in [0.4, 0.5) is 8.78 Å². The molecule has 23 heavy (non-hydrogen) atoms. The van der Waals surface area contributed by atoms with E-state index in [9.17, 15) is 18.4 Å². The first kappa shape index (κ1) is 19.4. The summed E-state index contributed by atoms with van der Waals surface area (Å²) in [5.74, 6) is -2.91. The number of amides is 2. The van der Waals surface area contributed by atoms with Gasteiger partial charge < -0.3 is 10.6 Å². The molecule has 2 amide bonds. The van der Waals surface area contributed by atoms with E-state index in [1.54, 1.807) is 0 Å². The molecular weight excluding hydrogens is 322 g/mol. The Hall–Kier alpha value is -1.63. The zero-order valence-corrected chi connectivity index (χ0v) is 14.7. The molecule has 4 nitrogen and oxygen atoms in total. The summed E-state index contributed by atoms with van der Waals surface area (Å²) in [6.45, 7) is 5.75. The van der Waals surface area contributed by atoms with Crippen LogP contribution in [0.15, 0.2) is 18.2 Å². The van der Waals surface area contributed by atoms with Crippen LogP contribution in [0, 0.1) is 17.0 Å². The number of carbonyl (C=O) groups excluding carboxylic acids is 2. The standard InChI is InChI=1S/C16H22F2N2O2S/c1-16(2,3)13(23-5)15(22)20-12(14(21)19-4)9-6-7-10(17)11(18)8-9/h6-8,12-13H,1-5H3,(H,19,21)(H,20,22). The molecule has 1 aromatic rings. The first-order valence-corrected chi connectivity index (χ1v) is 8.40. The molecule has 0 radical (unpaired) electrons. The number of rotatable bonds is 5. The predicted octanol–water partition coefficient (Wildman–Crippen LogP) is 2.65. The molecule has 7 heteroatoms. The van der Waals surface area contributed by atoms with E-state index in [0.717, 1.165) is 12.1 Å². The highest BCUT2D eigenvalue weighted by molar-refractivity contribution is 8.00. The summed E-state index contributed by atoms with van der Waals surface area (Å²) in [6.07, 6.45) is 1.81. The molecule has 0 aliphatic carbocycles. The van der Waals surface area contributed by atoms with Crippen LogP contribution in [0.5, 0.6) is 0 Å². The van der Waals surface area contributed by atoms with Gasteiger partial charge in [0.1, 0.15) is 6.04 Å². The molecule has 0 aliphatic heterocycles. The van der Waals surface area contributed by atoms with Crippen molar-refractivity contribution in [1.82, 2.24) is 10.6 Å². The number of nitrogens with one attached hydrogen (secondary N) is 2. The van der Waals surface area contributed by atoms with Crippen LogP contribution in [-0.4, -0.2) is 30.4 Å². The zero-order valence-electron chi connectivity index (χ0n) is 13.9. The number of thioether (sulfide) groups is 1. The van der Waals surface area contributed by atoms with Crippen molar-refractivity contribution in [2.45, 2.75) is 32.1 Å². The van der Waals surface area contributed by atoms with Gasteiger partial charge in [0.05, 0.1) is 5.25 Å². The minimum absolute atomic E-state index is 0.186. The summed E-state index contributed by atoms with van der Waals surface area (Å²) >= 11 is 1.37. The van der Waals surface area contributed by atoms with Gasteiger partial charge in [0.15, 0.2) is 11.6 Å². The molecule has 0 saturated carbocycles. The second-order valence-electron chi connectivity index (χ2n) is 6.21. The summed E-state index contributed by atoms with van der Waals surface area (Å²) < 4.78 is 26.5. The van der Waals surface area contributed by atoms with E-state index in [4.69, 9.17) is 0 Å². The molecule has 1 rings (SSSR count). The van der Waals surface area contributed by atoms with E-state index >= 15 is 0 Å². The maximum Gasteiger partial charge on any atom is 0.246 e. The van der Waals surface area contributed by atoms with Gasteiger partial charge in [0.25, 0.3) is 0 Å². The highest BCUT2D eigenvalue weighted by atomic mass is 32.2. The lowest BCUT2D eigenvalue weighted by Crippen LogP contribution is -2.46. The molecule has 0 aliphatic rings. The van der Waals surface area contributed by atoms with Gasteiger partial charge in [-0.15, -0.1) is 0 Å². The fourth-order valence-electron chi connectivity index (χ4n) is 2.21. The first-order chi connectivity index (χ1) is 10.6. The third kappa shape index (κ3) is 4.92. The molecule has 2 N–H and O–H groups in total. The van der Waals surface area contributed by atoms with Gasteiger partial charge in [0.2, 0.25) is 11.8 Å². The molecule has 2 unspecified atom stereocenters. The van der Waals surface area contributed by atoms with E-state index in [1.807, 2.05) is 27.0 Å². The van der Waals surface area contributed by atoms with E-state index in [-0.39, 0.29) is 22.1 Å². The molecule has 0 heterocycles. The van der Waals surface area contributed by atoms with Crippen LogP contribution < -0.4 is 10.6 Å². The lowest BCUT2D eigenvalue weighted by atomic mass is 9.90. The molecule has 128 valence electrons. The quantitative estimate of drug-likeness (QED) is 0.863. The van der Waals surface area contributed by atoms with Crippen molar-refractivity contribution >= 4 is 23.6 Å². The lowest BCUT2D eigenvalue weighted by molar-refractivity contribution is -0.129. The van der Waals surface area contributed by atoms with Gasteiger partial charge in [-0.25, -0.2) is 8.78 Å². The molecular formula is C16H22F2N2O2S. The lowest BCUT2D eigenvalue weighted by Gasteiger charge is -2.29. The van der Waals surface area contributed by atoms with Crippen LogP contribution >= 0.6 is 11.8 Å². The van der Waals surface area contributed by atoms with Crippen LogP contribution in [0.2, 0.25) is 0 Å². The minimum atomic E-state index is -1.08. The largest absolute Gasteiger partial charge is 0.357 e. The summed E-state index contributed by atoms with van der Waals surface area (Å²) in [7, 11) is 1.41. The molecule has 0 bridgehead atoms. The number of carbonyl (C=O) groups is 2. The monoisotopic (exact) mass is 344 g/mol. The third-order valence-electron chi connectivity index (χ3n) is 3.33. The SMILES string of the molecule is CNC(=O)C(NC(=O)C(SC)C(C)(C)C)c1ccc(F)c(F)c1. The second-order valence-corrected chi connectivity index (χ2v) is 7.15. The highest BCUT2D eigenvalue weighted by Crippen LogP contribution is 2.29. The Balaban J connectivity index is 3.11. The van der Waals surface area contributed by atoms with E-state index in [0.29, 0.717) is 0 Å². The fourth-order valence-corrected chi connectivity index (χ4v) is 3.20. The van der Waals surface area contributed by atoms with Crippen molar-refractivity contribution in [1.29, 1.82) is 0 Å². The number of hydrogen-bond acceptors (Lipinski definition) is 3. The predicted molar refractivity (Wildman–Crippen MR) is 88.1 cm³/mol. The maximum absolute atomic E-state index is 13.4. The Morgan fingerprint density at radius 3 is 2.17 bits per heavy atom. The Bertz CT molecular complexity index is 588. The number of likely N-dealkylation sites (N-methyl/N-ethyl adjacent to an activating group) is 1. The van der Waals surface area contributed by atoms with Crippen molar-refractivity contribution < 1.29 is 18.4 Å². The zero-order chi connectivity index (χ0) is 17.8.